The number of H-pyrrole nitrogens is 1. The average molecular weight is 351 g/mol. The third-order valence-electron chi connectivity index (χ3n) is 2.48. The highest BCUT2D eigenvalue weighted by Gasteiger charge is 2.19. The number of aryl methyl sites for hydroxylation is 1. The van der Waals surface area contributed by atoms with Gasteiger partial charge in [-0.05, 0) is 40.6 Å². The van der Waals surface area contributed by atoms with E-state index in [1.165, 1.54) is 14.2 Å². The van der Waals surface area contributed by atoms with E-state index in [9.17, 15) is 9.59 Å². The molecule has 0 radical (unpaired) electrons. The fourth-order valence-corrected chi connectivity index (χ4v) is 2.45. The van der Waals surface area contributed by atoms with Gasteiger partial charge in [0.05, 0.1) is 30.8 Å². The highest BCUT2D eigenvalue weighted by molar-refractivity contribution is 14.1. The Morgan fingerprint density at radius 3 is 2.06 bits per heavy atom. The zero-order valence-electron chi connectivity index (χ0n) is 9.93. The van der Waals surface area contributed by atoms with E-state index in [0.29, 0.717) is 0 Å². The maximum Gasteiger partial charge on any atom is 0.310 e. The van der Waals surface area contributed by atoms with Crippen LogP contribution < -0.4 is 0 Å². The Bertz CT molecular complexity index is 400. The summed E-state index contributed by atoms with van der Waals surface area (Å²) >= 11 is 2.10. The molecule has 0 spiro atoms. The number of aromatic nitrogens is 1. The number of rotatable bonds is 4. The van der Waals surface area contributed by atoms with Crippen LogP contribution in [0.5, 0.6) is 0 Å². The third kappa shape index (κ3) is 3.45. The second-order valence-corrected chi connectivity index (χ2v) is 4.61. The molecule has 5 nitrogen and oxygen atoms in total. The largest absolute Gasteiger partial charge is 0.469 e. The molecule has 0 atom stereocenters. The number of esters is 2. The van der Waals surface area contributed by atoms with Crippen molar-refractivity contribution >= 4 is 34.5 Å². The summed E-state index contributed by atoms with van der Waals surface area (Å²) in [6, 6.07) is 0. The van der Waals surface area contributed by atoms with Crippen molar-refractivity contribution in [3.05, 3.63) is 20.5 Å². The Morgan fingerprint density at radius 1 is 1.12 bits per heavy atom. The number of carbonyl (C=O) groups excluding carboxylic acids is 2. The van der Waals surface area contributed by atoms with Crippen molar-refractivity contribution in [2.75, 3.05) is 14.2 Å². The van der Waals surface area contributed by atoms with Gasteiger partial charge in [-0.1, -0.05) is 0 Å². The molecule has 1 aromatic heterocycles. The normalized spacial score (nSPS) is 10.1. The Labute approximate surface area is 113 Å². The number of methoxy groups -OCH3 is 2. The lowest BCUT2D eigenvalue weighted by atomic mass is 10.1. The lowest BCUT2D eigenvalue weighted by Crippen LogP contribution is -2.10. The Balaban J connectivity index is 3.01. The van der Waals surface area contributed by atoms with Gasteiger partial charge in [0.1, 0.15) is 0 Å². The number of ether oxygens (including phenoxy) is 2. The molecule has 0 saturated heterocycles. The van der Waals surface area contributed by atoms with Gasteiger partial charge in [-0.15, -0.1) is 0 Å². The molecule has 0 bridgehead atoms. The van der Waals surface area contributed by atoms with Gasteiger partial charge >= 0.3 is 11.9 Å². The summed E-state index contributed by atoms with van der Waals surface area (Å²) in [6.07, 6.45) is 0.319. The molecule has 1 aromatic rings. The van der Waals surface area contributed by atoms with Gasteiger partial charge in [-0.3, -0.25) is 9.59 Å². The topological polar surface area (TPSA) is 68.4 Å². The first-order valence-corrected chi connectivity index (χ1v) is 6.06. The van der Waals surface area contributed by atoms with Gasteiger partial charge in [0.2, 0.25) is 0 Å². The van der Waals surface area contributed by atoms with Gasteiger partial charge in [-0.25, -0.2) is 0 Å². The maximum absolute atomic E-state index is 11.3. The monoisotopic (exact) mass is 351 g/mol. The molecule has 17 heavy (non-hydrogen) atoms. The summed E-state index contributed by atoms with van der Waals surface area (Å²) < 4.78 is 10.1. The molecule has 94 valence electrons. The molecule has 1 N–H and O–H groups in total. The van der Waals surface area contributed by atoms with Crippen molar-refractivity contribution in [3.63, 3.8) is 0 Å². The molecule has 6 heteroatoms. The molecular formula is C11H14INO4. The lowest BCUT2D eigenvalue weighted by molar-refractivity contribution is -0.141. The first-order valence-electron chi connectivity index (χ1n) is 4.99. The lowest BCUT2D eigenvalue weighted by Gasteiger charge is -2.04. The van der Waals surface area contributed by atoms with Crippen LogP contribution in [-0.4, -0.2) is 31.1 Å². The van der Waals surface area contributed by atoms with Gasteiger partial charge in [0.25, 0.3) is 0 Å². The highest BCUT2D eigenvalue weighted by Crippen LogP contribution is 2.22. The first kappa shape index (κ1) is 14.0. The van der Waals surface area contributed by atoms with E-state index < -0.39 is 0 Å². The quantitative estimate of drug-likeness (QED) is 0.657. The van der Waals surface area contributed by atoms with Crippen molar-refractivity contribution in [3.8, 4) is 0 Å². The molecule has 0 aliphatic rings. The van der Waals surface area contributed by atoms with E-state index in [-0.39, 0.29) is 24.8 Å². The summed E-state index contributed by atoms with van der Waals surface area (Å²) in [6.45, 7) is 1.86. The number of halogens is 1. The summed E-state index contributed by atoms with van der Waals surface area (Å²) in [5, 5.41) is 0. The molecule has 0 aliphatic heterocycles. The molecule has 0 fully saturated rings. The molecule has 0 saturated carbocycles. The molecule has 0 unspecified atom stereocenters. The van der Waals surface area contributed by atoms with Crippen molar-refractivity contribution in [1.82, 2.24) is 4.98 Å². The van der Waals surface area contributed by atoms with Crippen LogP contribution in [0.1, 0.15) is 16.8 Å². The van der Waals surface area contributed by atoms with E-state index in [4.69, 9.17) is 0 Å². The Hall–Kier alpha value is -1.05. The smallest absolute Gasteiger partial charge is 0.310 e. The number of aromatic amines is 1. The molecule has 0 amide bonds. The second-order valence-electron chi connectivity index (χ2n) is 3.53. The van der Waals surface area contributed by atoms with Gasteiger partial charge in [0.15, 0.2) is 0 Å². The SMILES string of the molecule is COC(=O)Cc1c(C)[nH]c(I)c1CC(=O)OC. The van der Waals surface area contributed by atoms with Crippen LogP contribution in [0.25, 0.3) is 0 Å². The number of nitrogens with one attached hydrogen (secondary N) is 1. The standard InChI is InChI=1S/C11H14INO4/c1-6-7(4-9(14)16-2)8(11(12)13-6)5-10(15)17-3/h13H,4-5H2,1-3H3. The molecular weight excluding hydrogens is 337 g/mol. The second kappa shape index (κ2) is 6.04. The number of hydrogen-bond donors (Lipinski definition) is 1. The van der Waals surface area contributed by atoms with Gasteiger partial charge in [-0.2, -0.15) is 0 Å². The Morgan fingerprint density at radius 2 is 1.59 bits per heavy atom. The van der Waals surface area contributed by atoms with Gasteiger partial charge in [0, 0.05) is 5.69 Å². The van der Waals surface area contributed by atoms with E-state index in [1.54, 1.807) is 0 Å². The number of hydrogen-bond acceptors (Lipinski definition) is 4. The minimum atomic E-state index is -0.326. The van der Waals surface area contributed by atoms with Crippen molar-refractivity contribution in [1.29, 1.82) is 0 Å². The summed E-state index contributed by atoms with van der Waals surface area (Å²) in [5.41, 5.74) is 2.49. The highest BCUT2D eigenvalue weighted by atomic mass is 127. The van der Waals surface area contributed by atoms with Crippen LogP contribution in [-0.2, 0) is 31.9 Å². The summed E-state index contributed by atoms with van der Waals surface area (Å²) in [5.74, 6) is -0.650. The molecule has 0 aromatic carbocycles. The third-order valence-corrected chi connectivity index (χ3v) is 3.40. The van der Waals surface area contributed by atoms with E-state index in [1.807, 2.05) is 6.92 Å². The van der Waals surface area contributed by atoms with Crippen molar-refractivity contribution < 1.29 is 19.1 Å². The first-order chi connectivity index (χ1) is 7.99. The van der Waals surface area contributed by atoms with Crippen LogP contribution >= 0.6 is 22.6 Å². The predicted molar refractivity (Wildman–Crippen MR) is 69.7 cm³/mol. The molecule has 1 heterocycles. The maximum atomic E-state index is 11.3. The van der Waals surface area contributed by atoms with Crippen molar-refractivity contribution in [2.45, 2.75) is 19.8 Å². The van der Waals surface area contributed by atoms with Crippen molar-refractivity contribution in [2.24, 2.45) is 0 Å². The molecule has 0 aliphatic carbocycles. The summed E-state index contributed by atoms with van der Waals surface area (Å²) in [4.78, 5) is 25.7. The zero-order valence-corrected chi connectivity index (χ0v) is 12.1. The van der Waals surface area contributed by atoms with E-state index in [2.05, 4.69) is 37.0 Å². The average Bonchev–Trinajstić information content (AvgIpc) is 2.55. The van der Waals surface area contributed by atoms with E-state index >= 15 is 0 Å². The zero-order chi connectivity index (χ0) is 13.0. The fourth-order valence-electron chi connectivity index (χ4n) is 1.53. The van der Waals surface area contributed by atoms with E-state index in [0.717, 1.165) is 20.5 Å². The number of carbonyl (C=O) groups is 2. The molecule has 1 rings (SSSR count). The van der Waals surface area contributed by atoms with Gasteiger partial charge < -0.3 is 14.5 Å². The van der Waals surface area contributed by atoms with Crippen LogP contribution in [0.4, 0.5) is 0 Å². The van der Waals surface area contributed by atoms with Crippen LogP contribution in [0.15, 0.2) is 0 Å². The summed E-state index contributed by atoms with van der Waals surface area (Å²) in [7, 11) is 2.68. The van der Waals surface area contributed by atoms with Crippen LogP contribution in [0, 0.1) is 10.6 Å². The van der Waals surface area contributed by atoms with Crippen LogP contribution in [0.3, 0.4) is 0 Å². The minimum Gasteiger partial charge on any atom is -0.469 e. The predicted octanol–water partition coefficient (Wildman–Crippen LogP) is 1.36. The van der Waals surface area contributed by atoms with Crippen LogP contribution in [0.2, 0.25) is 0 Å². The fraction of sp³-hybridized carbons (Fsp3) is 0.455. The Kier molecular flexibility index (Phi) is 4.98. The minimum absolute atomic E-state index is 0.158.